The second-order valence-electron chi connectivity index (χ2n) is 6.52. The molecule has 4 rings (SSSR count). The van der Waals surface area contributed by atoms with E-state index in [1.54, 1.807) is 4.90 Å². The average Bonchev–Trinajstić information content (AvgIpc) is 3.22. The Morgan fingerprint density at radius 3 is 2.46 bits per heavy atom. The summed E-state index contributed by atoms with van der Waals surface area (Å²) >= 11 is 0. The number of rotatable bonds is 3. The highest BCUT2D eigenvalue weighted by atomic mass is 19.4. The molecule has 2 fully saturated rings. The molecule has 0 aliphatic carbocycles. The largest absolute Gasteiger partial charge is 0.435 e. The van der Waals surface area contributed by atoms with E-state index in [0.717, 1.165) is 10.9 Å². The van der Waals surface area contributed by atoms with Gasteiger partial charge in [0.15, 0.2) is 17.6 Å². The first-order chi connectivity index (χ1) is 13.3. The predicted molar refractivity (Wildman–Crippen MR) is 86.4 cm³/mol. The van der Waals surface area contributed by atoms with Crippen molar-refractivity contribution < 1.29 is 38.0 Å². The molecule has 0 aromatic carbocycles. The summed E-state index contributed by atoms with van der Waals surface area (Å²) in [5.74, 6) is -0.142. The minimum Gasteiger partial charge on any atom is -0.394 e. The van der Waals surface area contributed by atoms with Gasteiger partial charge in [-0.05, 0) is 0 Å². The third-order valence-corrected chi connectivity index (χ3v) is 4.76. The van der Waals surface area contributed by atoms with Crippen LogP contribution in [0.3, 0.4) is 0 Å². The Hall–Kier alpha value is -2.06. The molecule has 2 saturated heterocycles. The first-order valence-corrected chi connectivity index (χ1v) is 8.58. The molecule has 0 spiro atoms. The quantitative estimate of drug-likeness (QED) is 0.607. The Labute approximate surface area is 156 Å². The normalized spacial score (nSPS) is 29.0. The van der Waals surface area contributed by atoms with Gasteiger partial charge in [-0.1, -0.05) is 0 Å². The van der Waals surface area contributed by atoms with Crippen LogP contribution in [0.4, 0.5) is 19.1 Å². The van der Waals surface area contributed by atoms with Gasteiger partial charge in [0.05, 0.1) is 26.1 Å². The zero-order chi connectivity index (χ0) is 20.1. The number of morpholine rings is 1. The summed E-state index contributed by atoms with van der Waals surface area (Å²) in [5, 5.41) is 29.4. The van der Waals surface area contributed by atoms with Crippen molar-refractivity contribution in [3.05, 3.63) is 12.0 Å². The summed E-state index contributed by atoms with van der Waals surface area (Å²) in [6.45, 7) is 0.742. The first kappa shape index (κ1) is 19.3. The van der Waals surface area contributed by atoms with Crippen LogP contribution >= 0.6 is 0 Å². The second kappa shape index (κ2) is 7.08. The zero-order valence-corrected chi connectivity index (χ0v) is 14.5. The van der Waals surface area contributed by atoms with E-state index < -0.39 is 48.5 Å². The number of aromatic nitrogens is 4. The molecule has 0 saturated carbocycles. The number of aliphatic hydroxyl groups is 3. The smallest absolute Gasteiger partial charge is 0.394 e. The van der Waals surface area contributed by atoms with Gasteiger partial charge in [0.25, 0.3) is 0 Å². The molecular weight excluding hydrogens is 387 g/mol. The third-order valence-electron chi connectivity index (χ3n) is 4.76. The summed E-state index contributed by atoms with van der Waals surface area (Å²) in [5.41, 5.74) is -1.90. The number of halogens is 3. The molecule has 13 heteroatoms. The fourth-order valence-electron chi connectivity index (χ4n) is 3.30. The highest BCUT2D eigenvalue weighted by molar-refractivity contribution is 5.76. The van der Waals surface area contributed by atoms with E-state index in [1.807, 2.05) is 0 Å². The summed E-state index contributed by atoms with van der Waals surface area (Å²) < 4.78 is 52.4. The van der Waals surface area contributed by atoms with Crippen LogP contribution < -0.4 is 4.90 Å². The molecule has 0 radical (unpaired) electrons. The molecule has 3 N–H and O–H groups in total. The number of hydrogen-bond acceptors (Lipinski definition) is 9. The Balaban J connectivity index is 1.83. The molecule has 4 atom stereocenters. The molecule has 154 valence electrons. The van der Waals surface area contributed by atoms with Gasteiger partial charge in [-0.3, -0.25) is 4.57 Å². The van der Waals surface area contributed by atoms with Crippen LogP contribution in [0.15, 0.2) is 6.33 Å². The summed E-state index contributed by atoms with van der Waals surface area (Å²) in [4.78, 5) is 13.2. The molecule has 2 aliphatic rings. The van der Waals surface area contributed by atoms with Crippen molar-refractivity contribution in [3.8, 4) is 0 Å². The zero-order valence-electron chi connectivity index (χ0n) is 14.5. The van der Waals surface area contributed by atoms with Crippen LogP contribution in [0.25, 0.3) is 11.2 Å². The van der Waals surface area contributed by atoms with Crippen LogP contribution in [0.2, 0.25) is 0 Å². The predicted octanol–water partition coefficient (Wildman–Crippen LogP) is -0.707. The maximum Gasteiger partial charge on any atom is 0.435 e. The number of anilines is 1. The Bertz CT molecular complexity index is 856. The number of alkyl halides is 3. The number of nitrogens with zero attached hydrogens (tertiary/aromatic N) is 5. The van der Waals surface area contributed by atoms with E-state index in [0.29, 0.717) is 26.3 Å². The van der Waals surface area contributed by atoms with E-state index in [-0.39, 0.29) is 11.6 Å². The number of imidazole rings is 1. The fourth-order valence-corrected chi connectivity index (χ4v) is 3.30. The van der Waals surface area contributed by atoms with E-state index >= 15 is 0 Å². The maximum atomic E-state index is 13.6. The Morgan fingerprint density at radius 1 is 1.14 bits per heavy atom. The van der Waals surface area contributed by atoms with Crippen LogP contribution in [0.1, 0.15) is 11.9 Å². The van der Waals surface area contributed by atoms with Crippen molar-refractivity contribution in [2.45, 2.75) is 30.7 Å². The van der Waals surface area contributed by atoms with Crippen molar-refractivity contribution >= 4 is 17.1 Å². The molecule has 0 bridgehead atoms. The van der Waals surface area contributed by atoms with Crippen LogP contribution in [0.5, 0.6) is 0 Å². The van der Waals surface area contributed by atoms with E-state index in [9.17, 15) is 28.5 Å². The lowest BCUT2D eigenvalue weighted by Gasteiger charge is -2.27. The number of ether oxygens (including phenoxy) is 2. The highest BCUT2D eigenvalue weighted by Gasteiger charge is 2.45. The van der Waals surface area contributed by atoms with Gasteiger partial charge in [-0.25, -0.2) is 9.97 Å². The summed E-state index contributed by atoms with van der Waals surface area (Å²) in [7, 11) is 0. The molecule has 4 heterocycles. The summed E-state index contributed by atoms with van der Waals surface area (Å²) in [6.07, 6.45) is -8.96. The third kappa shape index (κ3) is 3.18. The van der Waals surface area contributed by atoms with Crippen molar-refractivity contribution in [1.82, 2.24) is 19.5 Å². The van der Waals surface area contributed by atoms with Gasteiger partial charge in [0, 0.05) is 13.1 Å². The van der Waals surface area contributed by atoms with Crippen LogP contribution in [-0.2, 0) is 15.7 Å². The standard InChI is InChI=1S/C15H18F3N5O5/c16-15(17,18)11-8-12(21-14(20-11)22-1-3-27-4-2-22)23(6-19-8)13-10(26)9(25)7(5-24)28-13/h6-7,9-10,13,24-26H,1-5H2/t7-,9-,10-,13-/m1/s1. The van der Waals surface area contributed by atoms with Crippen molar-refractivity contribution in [3.63, 3.8) is 0 Å². The maximum absolute atomic E-state index is 13.6. The average molecular weight is 405 g/mol. The van der Waals surface area contributed by atoms with Crippen molar-refractivity contribution in [2.75, 3.05) is 37.8 Å². The van der Waals surface area contributed by atoms with Gasteiger partial charge in [-0.15, -0.1) is 0 Å². The first-order valence-electron chi connectivity index (χ1n) is 8.58. The topological polar surface area (TPSA) is 126 Å². The van der Waals surface area contributed by atoms with Crippen molar-refractivity contribution in [2.24, 2.45) is 0 Å². The molecule has 0 amide bonds. The van der Waals surface area contributed by atoms with Gasteiger partial charge >= 0.3 is 6.18 Å². The van der Waals surface area contributed by atoms with Gasteiger partial charge in [-0.2, -0.15) is 18.2 Å². The minimum atomic E-state index is -4.77. The van der Waals surface area contributed by atoms with E-state index in [4.69, 9.17) is 9.47 Å². The van der Waals surface area contributed by atoms with E-state index in [1.165, 1.54) is 0 Å². The monoisotopic (exact) mass is 405 g/mol. The highest BCUT2D eigenvalue weighted by Crippen LogP contribution is 2.36. The van der Waals surface area contributed by atoms with Gasteiger partial charge < -0.3 is 29.7 Å². The lowest BCUT2D eigenvalue weighted by atomic mass is 10.1. The molecular formula is C15H18F3N5O5. The number of aliphatic hydroxyl groups excluding tert-OH is 3. The molecule has 2 aromatic rings. The Morgan fingerprint density at radius 2 is 1.86 bits per heavy atom. The Kier molecular flexibility index (Phi) is 4.87. The fraction of sp³-hybridized carbons (Fsp3) is 0.667. The number of hydrogen-bond donors (Lipinski definition) is 3. The van der Waals surface area contributed by atoms with Crippen molar-refractivity contribution in [1.29, 1.82) is 0 Å². The molecule has 10 nitrogen and oxygen atoms in total. The summed E-state index contributed by atoms with van der Waals surface area (Å²) in [6, 6.07) is 0. The van der Waals surface area contributed by atoms with Crippen LogP contribution in [0, 0.1) is 0 Å². The van der Waals surface area contributed by atoms with Crippen LogP contribution in [-0.4, -0.2) is 86.1 Å². The second-order valence-corrected chi connectivity index (χ2v) is 6.52. The molecule has 28 heavy (non-hydrogen) atoms. The van der Waals surface area contributed by atoms with Gasteiger partial charge in [0.2, 0.25) is 5.95 Å². The van der Waals surface area contributed by atoms with E-state index in [2.05, 4.69) is 15.0 Å². The number of fused-ring (bicyclic) bond motifs is 1. The minimum absolute atomic E-state index is 0.142. The molecule has 2 aromatic heterocycles. The molecule has 0 unspecified atom stereocenters. The lowest BCUT2D eigenvalue weighted by molar-refractivity contribution is -0.139. The molecule has 2 aliphatic heterocycles. The van der Waals surface area contributed by atoms with Gasteiger partial charge in [0.1, 0.15) is 23.8 Å². The lowest BCUT2D eigenvalue weighted by Crippen LogP contribution is -2.38. The SMILES string of the molecule is OC[C@H]1O[C@@H](n2cnc3c(C(F)(F)F)nc(N4CCOCC4)nc32)[C@H](O)[C@@H]1O.